The van der Waals surface area contributed by atoms with Gasteiger partial charge in [0.25, 0.3) is 11.6 Å². The molecule has 34 heavy (non-hydrogen) atoms. The van der Waals surface area contributed by atoms with Crippen LogP contribution in [0.3, 0.4) is 0 Å². The Hall–Kier alpha value is -3.68. The number of amides is 1. The van der Waals surface area contributed by atoms with Gasteiger partial charge in [0.1, 0.15) is 27.8 Å². The average molecular weight is 496 g/mol. The molecule has 14 heteroatoms. The van der Waals surface area contributed by atoms with E-state index in [9.17, 15) is 50.0 Å². The number of carbonyl (C=O) groups excluding carboxylic acids is 3. The predicted octanol–water partition coefficient (Wildman–Crippen LogP) is 0.0995. The van der Waals surface area contributed by atoms with Gasteiger partial charge in [-0.1, -0.05) is 18.5 Å². The number of phenolic OH excluding ortho intramolecular Hbond substituents is 1. The minimum Gasteiger partial charge on any atom is -0.508 e. The number of nitrogens with zero attached hydrogens (tertiary/aromatic N) is 1. The second-order valence-corrected chi connectivity index (χ2v) is 8.83. The lowest BCUT2D eigenvalue weighted by Crippen LogP contribution is -2.63. The number of hydrogen-bond acceptors (Lipinski definition) is 11. The number of benzene rings is 1. The number of halogens is 1. The molecule has 1 amide bonds. The number of nitro benzene ring substituents is 1. The molecule has 4 rings (SSSR count). The number of aromatic hydroxyl groups is 1. The van der Waals surface area contributed by atoms with Crippen molar-refractivity contribution >= 4 is 46.2 Å². The van der Waals surface area contributed by atoms with Crippen LogP contribution in [0.5, 0.6) is 5.75 Å². The minimum atomic E-state index is -3.02. The van der Waals surface area contributed by atoms with Gasteiger partial charge in [-0.05, 0) is 5.92 Å². The van der Waals surface area contributed by atoms with Crippen LogP contribution in [-0.2, 0) is 14.4 Å². The van der Waals surface area contributed by atoms with E-state index in [2.05, 4.69) is 0 Å². The highest BCUT2D eigenvalue weighted by Gasteiger charge is 2.65. The summed E-state index contributed by atoms with van der Waals surface area (Å²) in [6, 6.07) is 0. The first-order valence-electron chi connectivity index (χ1n) is 9.83. The number of rotatable bonds is 2. The van der Waals surface area contributed by atoms with Crippen molar-refractivity contribution in [1.29, 1.82) is 0 Å². The molecular formula is C20H18ClN3O10. The molecule has 13 nitrogen and oxygen atoms in total. The third-order valence-corrected chi connectivity index (χ3v) is 7.28. The van der Waals surface area contributed by atoms with Crippen LogP contribution < -0.4 is 11.5 Å². The highest BCUT2D eigenvalue weighted by Crippen LogP contribution is 2.59. The molecule has 9 N–H and O–H groups in total. The number of carbonyl (C=O) groups is 3. The van der Waals surface area contributed by atoms with Crippen molar-refractivity contribution in [3.8, 4) is 5.75 Å². The number of primary amides is 1. The van der Waals surface area contributed by atoms with Crippen molar-refractivity contribution in [2.24, 2.45) is 17.6 Å². The van der Waals surface area contributed by atoms with Crippen LogP contribution in [0.2, 0.25) is 5.02 Å². The molecule has 0 unspecified atom stereocenters. The molecule has 1 aromatic rings. The molecule has 0 aliphatic heterocycles. The van der Waals surface area contributed by atoms with Crippen LogP contribution in [0.15, 0.2) is 16.9 Å². The summed E-state index contributed by atoms with van der Waals surface area (Å²) >= 11 is 5.98. The number of aliphatic hydroxyl groups excluding tert-OH is 3. The monoisotopic (exact) mass is 495 g/mol. The zero-order chi connectivity index (χ0) is 25.6. The van der Waals surface area contributed by atoms with Gasteiger partial charge in [0, 0.05) is 29.4 Å². The summed E-state index contributed by atoms with van der Waals surface area (Å²) in [6.45, 7) is 1.34. The number of aliphatic hydroxyl groups is 4. The predicted molar refractivity (Wildman–Crippen MR) is 114 cm³/mol. The first-order valence-corrected chi connectivity index (χ1v) is 10.2. The maximum absolute atomic E-state index is 13.5. The van der Waals surface area contributed by atoms with Gasteiger partial charge in [-0.3, -0.25) is 24.5 Å². The highest BCUT2D eigenvalue weighted by atomic mass is 35.5. The molecule has 5 atom stereocenters. The number of nitrogens with two attached hydrogens (primary N) is 2. The minimum absolute atomic E-state index is 0.329. The summed E-state index contributed by atoms with van der Waals surface area (Å²) in [5.74, 6) is -11.4. The summed E-state index contributed by atoms with van der Waals surface area (Å²) in [6.07, 6.45) is -2.60. The first-order chi connectivity index (χ1) is 15.7. The fourth-order valence-corrected chi connectivity index (χ4v) is 5.60. The van der Waals surface area contributed by atoms with Crippen LogP contribution in [0, 0.1) is 22.0 Å². The second kappa shape index (κ2) is 7.16. The van der Waals surface area contributed by atoms with E-state index < -0.39 is 109 Å². The van der Waals surface area contributed by atoms with E-state index in [0.29, 0.717) is 0 Å². The molecule has 3 aliphatic rings. The normalized spacial score (nSPS) is 30.6. The topological polar surface area (TPSA) is 248 Å². The summed E-state index contributed by atoms with van der Waals surface area (Å²) in [4.78, 5) is 48.4. The SMILES string of the molecule is C[C@@H]1c2c(c(O)c(N)c(Cl)c2[N+](=O)[O-])C(O)=C2C(=O)[C@]3(O)C(O)=C(C(N)=O)C(=O)C[C@@H]3[C@@H](O)[C@@H]21. The number of nitrogen functional groups attached to an aromatic ring is 1. The van der Waals surface area contributed by atoms with Gasteiger partial charge in [0.05, 0.1) is 16.6 Å². The number of ketones is 2. The maximum atomic E-state index is 13.5. The molecule has 0 bridgehead atoms. The van der Waals surface area contributed by atoms with Crippen LogP contribution in [0.1, 0.15) is 30.4 Å². The number of phenols is 1. The summed E-state index contributed by atoms with van der Waals surface area (Å²) in [5.41, 5.74) is 3.65. The van der Waals surface area contributed by atoms with Crippen LogP contribution in [0.4, 0.5) is 11.4 Å². The zero-order valence-corrected chi connectivity index (χ0v) is 18.0. The Morgan fingerprint density at radius 2 is 1.85 bits per heavy atom. The van der Waals surface area contributed by atoms with Crippen molar-refractivity contribution in [1.82, 2.24) is 0 Å². The number of anilines is 1. The fourth-order valence-electron chi connectivity index (χ4n) is 5.34. The molecule has 3 aliphatic carbocycles. The van der Waals surface area contributed by atoms with Crippen molar-refractivity contribution in [3.05, 3.63) is 43.2 Å². The van der Waals surface area contributed by atoms with Gasteiger partial charge in [0.15, 0.2) is 17.1 Å². The van der Waals surface area contributed by atoms with Gasteiger partial charge >= 0.3 is 0 Å². The Balaban J connectivity index is 2.10. The van der Waals surface area contributed by atoms with E-state index in [1.165, 1.54) is 6.92 Å². The molecule has 0 spiro atoms. The average Bonchev–Trinajstić information content (AvgIpc) is 2.74. The molecule has 1 saturated carbocycles. The van der Waals surface area contributed by atoms with Crippen LogP contribution >= 0.6 is 11.6 Å². The first kappa shape index (κ1) is 23.5. The molecule has 0 heterocycles. The Kier molecular flexibility index (Phi) is 4.94. The van der Waals surface area contributed by atoms with E-state index in [1.807, 2.05) is 0 Å². The highest BCUT2D eigenvalue weighted by molar-refractivity contribution is 6.36. The van der Waals surface area contributed by atoms with E-state index in [1.54, 1.807) is 0 Å². The van der Waals surface area contributed by atoms with E-state index >= 15 is 0 Å². The fraction of sp³-hybridized carbons (Fsp3) is 0.350. The van der Waals surface area contributed by atoms with Gasteiger partial charge in [0.2, 0.25) is 5.78 Å². The Morgan fingerprint density at radius 3 is 2.38 bits per heavy atom. The van der Waals surface area contributed by atoms with Crippen LogP contribution in [0.25, 0.3) is 5.76 Å². The molecule has 180 valence electrons. The second-order valence-electron chi connectivity index (χ2n) is 8.46. The maximum Gasteiger partial charge on any atom is 0.294 e. The van der Waals surface area contributed by atoms with Crippen molar-refractivity contribution < 1.29 is 44.8 Å². The third-order valence-electron chi connectivity index (χ3n) is 6.90. The quantitative estimate of drug-likeness (QED) is 0.0951. The number of hydrogen-bond donors (Lipinski definition) is 7. The zero-order valence-electron chi connectivity index (χ0n) is 17.3. The molecule has 1 aromatic carbocycles. The van der Waals surface area contributed by atoms with Crippen LogP contribution in [-0.4, -0.2) is 59.6 Å². The largest absolute Gasteiger partial charge is 0.508 e. The number of nitro groups is 1. The molecular weight excluding hydrogens is 478 g/mol. The molecule has 0 radical (unpaired) electrons. The van der Waals surface area contributed by atoms with E-state index in [0.717, 1.165) is 0 Å². The smallest absolute Gasteiger partial charge is 0.294 e. The lowest BCUT2D eigenvalue weighted by molar-refractivity contribution is -0.385. The van der Waals surface area contributed by atoms with E-state index in [-0.39, 0.29) is 5.56 Å². The van der Waals surface area contributed by atoms with E-state index in [4.69, 9.17) is 23.1 Å². The lowest BCUT2D eigenvalue weighted by atomic mass is 9.55. The van der Waals surface area contributed by atoms with Gasteiger partial charge < -0.3 is 37.0 Å². The lowest BCUT2D eigenvalue weighted by Gasteiger charge is -2.50. The van der Waals surface area contributed by atoms with Crippen molar-refractivity contribution in [2.75, 3.05) is 5.73 Å². The number of fused-ring (bicyclic) bond motifs is 3. The Bertz CT molecular complexity index is 1300. The third kappa shape index (κ3) is 2.59. The Labute approximate surface area is 194 Å². The molecule has 1 fully saturated rings. The van der Waals surface area contributed by atoms with Gasteiger partial charge in [-0.15, -0.1) is 0 Å². The molecule has 0 saturated heterocycles. The van der Waals surface area contributed by atoms with Gasteiger partial charge in [-0.25, -0.2) is 0 Å². The van der Waals surface area contributed by atoms with Crippen molar-refractivity contribution in [3.63, 3.8) is 0 Å². The molecule has 0 aromatic heterocycles. The standard InChI is InChI=1S/C20H18ClN3O10/c1-3-6-9(16(28)12(22)11(21)13(6)24(33)34)15(27)10-7(3)14(26)4-2-5(25)8(19(23)31)17(29)20(4,32)18(10)30/h3-4,7,14,26-29,32H,2,22H2,1H3,(H2,23,31)/t3-,4-,7-,14-,20-/m1/s1. The number of Topliss-reactive ketones (excluding diaryl/α,β-unsaturated/α-hetero) is 2. The van der Waals surface area contributed by atoms with Gasteiger partial charge in [-0.2, -0.15) is 0 Å². The summed E-state index contributed by atoms with van der Waals surface area (Å²) in [7, 11) is 0. The Morgan fingerprint density at radius 1 is 1.26 bits per heavy atom. The summed E-state index contributed by atoms with van der Waals surface area (Å²) < 4.78 is 0. The summed E-state index contributed by atoms with van der Waals surface area (Å²) in [5, 5.41) is 65.5. The van der Waals surface area contributed by atoms with Crippen molar-refractivity contribution in [2.45, 2.75) is 31.0 Å².